The number of ether oxygens (including phenoxy) is 2. The van der Waals surface area contributed by atoms with Crippen molar-refractivity contribution in [1.29, 1.82) is 0 Å². The molecule has 0 spiro atoms. The fourth-order valence-electron chi connectivity index (χ4n) is 2.55. The van der Waals surface area contributed by atoms with Gasteiger partial charge in [-0.25, -0.2) is 0 Å². The Labute approximate surface area is 166 Å². The molecule has 2 aromatic carbocycles. The van der Waals surface area contributed by atoms with Crippen LogP contribution in [0.15, 0.2) is 47.4 Å². The molecule has 1 aliphatic heterocycles. The van der Waals surface area contributed by atoms with Gasteiger partial charge in [0, 0.05) is 10.6 Å². The third-order valence-electron chi connectivity index (χ3n) is 3.89. The van der Waals surface area contributed by atoms with Gasteiger partial charge in [0.25, 0.3) is 11.1 Å². The minimum atomic E-state index is -0.371. The highest BCUT2D eigenvalue weighted by atomic mass is 35.5. The fraction of sp³-hybridized carbons (Fsp3) is 0.158. The molecule has 27 heavy (non-hydrogen) atoms. The summed E-state index contributed by atoms with van der Waals surface area (Å²) in [5.74, 6) is 0.825. The summed E-state index contributed by atoms with van der Waals surface area (Å²) in [6, 6.07) is 12.4. The molecule has 0 atom stereocenters. The first kappa shape index (κ1) is 19.1. The van der Waals surface area contributed by atoms with E-state index in [2.05, 4.69) is 5.32 Å². The Morgan fingerprint density at radius 1 is 1.11 bits per heavy atom. The third-order valence-corrected chi connectivity index (χ3v) is 5.03. The average Bonchev–Trinajstić information content (AvgIpc) is 2.93. The molecule has 6 nitrogen and oxygen atoms in total. The van der Waals surface area contributed by atoms with Crippen molar-refractivity contribution in [2.45, 2.75) is 0 Å². The first-order valence-electron chi connectivity index (χ1n) is 7.99. The lowest BCUT2D eigenvalue weighted by Gasteiger charge is -2.16. The van der Waals surface area contributed by atoms with Crippen molar-refractivity contribution in [3.63, 3.8) is 0 Å². The monoisotopic (exact) mass is 404 g/mol. The van der Waals surface area contributed by atoms with Gasteiger partial charge in [0.1, 0.15) is 11.5 Å². The van der Waals surface area contributed by atoms with Gasteiger partial charge < -0.3 is 14.8 Å². The molecule has 1 aliphatic rings. The number of anilines is 1. The highest BCUT2D eigenvalue weighted by molar-refractivity contribution is 8.18. The van der Waals surface area contributed by atoms with Gasteiger partial charge in [-0.3, -0.25) is 14.5 Å². The normalized spacial score (nSPS) is 15.4. The third kappa shape index (κ3) is 4.20. The first-order valence-corrected chi connectivity index (χ1v) is 9.18. The van der Waals surface area contributed by atoms with E-state index in [0.717, 1.165) is 22.2 Å². The van der Waals surface area contributed by atoms with Gasteiger partial charge in [-0.2, -0.15) is 0 Å². The average molecular weight is 405 g/mol. The van der Waals surface area contributed by atoms with Crippen LogP contribution in [0.5, 0.6) is 11.5 Å². The van der Waals surface area contributed by atoms with E-state index in [1.165, 1.54) is 7.11 Å². The minimum Gasteiger partial charge on any atom is -0.496 e. The molecular weight excluding hydrogens is 388 g/mol. The van der Waals surface area contributed by atoms with Crippen LogP contribution in [0, 0.1) is 0 Å². The number of nitrogens with one attached hydrogen (secondary N) is 1. The van der Waals surface area contributed by atoms with E-state index in [9.17, 15) is 9.59 Å². The summed E-state index contributed by atoms with van der Waals surface area (Å²) in [4.78, 5) is 26.4. The number of nitrogens with zero attached hydrogens (tertiary/aromatic N) is 1. The van der Waals surface area contributed by atoms with Crippen molar-refractivity contribution >= 4 is 46.3 Å². The molecule has 0 bridgehead atoms. The van der Waals surface area contributed by atoms with E-state index in [0.29, 0.717) is 27.1 Å². The number of benzene rings is 2. The Hall–Kier alpha value is -2.64. The molecule has 0 saturated carbocycles. The SMILES string of the molecule is COc1ccccc1/C=C1\SC(=O)N(CNc2cc(Cl)ccc2OC)C1=O. The number of imide groups is 1. The lowest BCUT2D eigenvalue weighted by Crippen LogP contribution is -2.33. The summed E-state index contributed by atoms with van der Waals surface area (Å²) in [6.45, 7) is 0.00460. The zero-order chi connectivity index (χ0) is 19.4. The minimum absolute atomic E-state index is 0.00460. The van der Waals surface area contributed by atoms with Crippen molar-refractivity contribution < 1.29 is 19.1 Å². The Bertz CT molecular complexity index is 916. The van der Waals surface area contributed by atoms with Crippen LogP contribution in [0.3, 0.4) is 0 Å². The molecule has 1 heterocycles. The van der Waals surface area contributed by atoms with Crippen molar-refractivity contribution in [3.05, 3.63) is 58.0 Å². The molecule has 0 aromatic heterocycles. The van der Waals surface area contributed by atoms with Crippen LogP contribution in [0.25, 0.3) is 6.08 Å². The van der Waals surface area contributed by atoms with Gasteiger partial charge in [0.05, 0.1) is 31.5 Å². The maximum absolute atomic E-state index is 12.6. The number of thioether (sulfide) groups is 1. The molecule has 2 amide bonds. The lowest BCUT2D eigenvalue weighted by atomic mass is 10.2. The first-order chi connectivity index (χ1) is 13.0. The molecule has 0 radical (unpaired) electrons. The summed E-state index contributed by atoms with van der Waals surface area (Å²) in [6.07, 6.45) is 1.66. The molecule has 0 unspecified atom stereocenters. The largest absolute Gasteiger partial charge is 0.496 e. The highest BCUT2D eigenvalue weighted by Crippen LogP contribution is 2.34. The fourth-order valence-corrected chi connectivity index (χ4v) is 3.55. The molecule has 1 N–H and O–H groups in total. The molecule has 2 aromatic rings. The quantitative estimate of drug-likeness (QED) is 0.717. The van der Waals surface area contributed by atoms with Crippen LogP contribution >= 0.6 is 23.4 Å². The molecule has 3 rings (SSSR count). The van der Waals surface area contributed by atoms with Gasteiger partial charge in [-0.05, 0) is 42.1 Å². The van der Waals surface area contributed by atoms with Crippen molar-refractivity contribution in [1.82, 2.24) is 4.90 Å². The number of methoxy groups -OCH3 is 2. The predicted octanol–water partition coefficient (Wildman–Crippen LogP) is 4.46. The number of rotatable bonds is 6. The van der Waals surface area contributed by atoms with Crippen LogP contribution in [0.4, 0.5) is 10.5 Å². The number of amides is 2. The summed E-state index contributed by atoms with van der Waals surface area (Å²) in [5, 5.41) is 3.19. The van der Waals surface area contributed by atoms with E-state index in [-0.39, 0.29) is 17.8 Å². The summed E-state index contributed by atoms with van der Waals surface area (Å²) < 4.78 is 10.5. The van der Waals surface area contributed by atoms with Crippen molar-refractivity contribution in [2.75, 3.05) is 26.2 Å². The number of hydrogen-bond acceptors (Lipinski definition) is 6. The van der Waals surface area contributed by atoms with Crippen LogP contribution in [0.1, 0.15) is 5.56 Å². The van der Waals surface area contributed by atoms with Gasteiger partial charge in [0.15, 0.2) is 0 Å². The predicted molar refractivity (Wildman–Crippen MR) is 107 cm³/mol. The van der Waals surface area contributed by atoms with Crippen LogP contribution < -0.4 is 14.8 Å². The van der Waals surface area contributed by atoms with Crippen LogP contribution in [-0.2, 0) is 4.79 Å². The van der Waals surface area contributed by atoms with Crippen LogP contribution in [-0.4, -0.2) is 36.9 Å². The van der Waals surface area contributed by atoms with E-state index < -0.39 is 0 Å². The van der Waals surface area contributed by atoms with Gasteiger partial charge in [0.2, 0.25) is 0 Å². The zero-order valence-corrected chi connectivity index (χ0v) is 16.3. The smallest absolute Gasteiger partial charge is 0.295 e. The van der Waals surface area contributed by atoms with E-state index in [1.807, 2.05) is 18.2 Å². The second-order valence-electron chi connectivity index (χ2n) is 5.53. The second kappa shape index (κ2) is 8.37. The standard InChI is InChI=1S/C19H17ClN2O4S/c1-25-15-6-4-3-5-12(15)9-17-18(23)22(19(24)27-17)11-21-14-10-13(20)7-8-16(14)26-2/h3-10,21H,11H2,1-2H3/b17-9-. The Morgan fingerprint density at radius 2 is 1.85 bits per heavy atom. The van der Waals surface area contributed by atoms with E-state index >= 15 is 0 Å². The van der Waals surface area contributed by atoms with Crippen molar-refractivity contribution in [2.24, 2.45) is 0 Å². The molecule has 1 saturated heterocycles. The Kier molecular flexibility index (Phi) is 5.93. The Morgan fingerprint density at radius 3 is 2.59 bits per heavy atom. The molecule has 140 valence electrons. The summed E-state index contributed by atoms with van der Waals surface area (Å²) in [7, 11) is 3.09. The maximum atomic E-state index is 12.6. The van der Waals surface area contributed by atoms with Crippen molar-refractivity contribution in [3.8, 4) is 11.5 Å². The van der Waals surface area contributed by atoms with Gasteiger partial charge in [-0.1, -0.05) is 29.8 Å². The Balaban J connectivity index is 1.77. The molecule has 0 aliphatic carbocycles. The topological polar surface area (TPSA) is 67.9 Å². The summed E-state index contributed by atoms with van der Waals surface area (Å²) >= 11 is 6.89. The van der Waals surface area contributed by atoms with Gasteiger partial charge in [-0.15, -0.1) is 0 Å². The van der Waals surface area contributed by atoms with E-state index in [1.54, 1.807) is 37.5 Å². The highest BCUT2D eigenvalue weighted by Gasteiger charge is 2.35. The summed E-state index contributed by atoms with van der Waals surface area (Å²) in [5.41, 5.74) is 1.33. The lowest BCUT2D eigenvalue weighted by molar-refractivity contribution is -0.122. The zero-order valence-electron chi connectivity index (χ0n) is 14.7. The number of carbonyl (C=O) groups is 2. The number of para-hydroxylation sites is 1. The second-order valence-corrected chi connectivity index (χ2v) is 6.96. The number of carbonyl (C=O) groups excluding carboxylic acids is 2. The van der Waals surface area contributed by atoms with Gasteiger partial charge >= 0.3 is 0 Å². The van der Waals surface area contributed by atoms with Crippen LogP contribution in [0.2, 0.25) is 5.02 Å². The molecule has 1 fully saturated rings. The van der Waals surface area contributed by atoms with E-state index in [4.69, 9.17) is 21.1 Å². The molecule has 8 heteroatoms. The number of hydrogen-bond donors (Lipinski definition) is 1. The number of halogens is 1. The maximum Gasteiger partial charge on any atom is 0.295 e. The molecular formula is C19H17ClN2O4S.